The highest BCUT2D eigenvalue weighted by Crippen LogP contribution is 2.29. The fourth-order valence-corrected chi connectivity index (χ4v) is 3.02. The van der Waals surface area contributed by atoms with E-state index in [-0.39, 0.29) is 24.1 Å². The van der Waals surface area contributed by atoms with E-state index in [9.17, 15) is 18.4 Å². The van der Waals surface area contributed by atoms with E-state index in [1.165, 1.54) is 18.2 Å². The van der Waals surface area contributed by atoms with E-state index in [2.05, 4.69) is 10.1 Å². The Balaban J connectivity index is 1.92. The zero-order valence-electron chi connectivity index (χ0n) is 12.8. The summed E-state index contributed by atoms with van der Waals surface area (Å²) >= 11 is 5.85. The topological polar surface area (TPSA) is 75.6 Å². The Morgan fingerprint density at radius 2 is 1.88 bits per heavy atom. The molecule has 1 fully saturated rings. The van der Waals surface area contributed by atoms with Crippen LogP contribution in [0.3, 0.4) is 0 Å². The molecule has 0 aromatic heterocycles. The Morgan fingerprint density at radius 1 is 1.25 bits per heavy atom. The maximum absolute atomic E-state index is 12.4. The second kappa shape index (κ2) is 8.28. The van der Waals surface area contributed by atoms with Gasteiger partial charge >= 0.3 is 12.6 Å². The fraction of sp³-hybridized carbons (Fsp3) is 0.500. The molecule has 0 atom stereocenters. The lowest BCUT2D eigenvalue weighted by Crippen LogP contribution is -2.34. The maximum atomic E-state index is 12.4. The standard InChI is InChI=1S/C16H18ClF2NO4/c17-12-5-6-13(24-16(18)19)11(7-12)8-20-14(21)9-1-3-10(4-2-9)15(22)23/h5-7,9-10,16H,1-4,8H2,(H,20,21)(H,22,23). The molecule has 0 spiro atoms. The van der Waals surface area contributed by atoms with Crippen molar-refractivity contribution in [3.8, 4) is 5.75 Å². The minimum Gasteiger partial charge on any atom is -0.481 e. The first-order valence-corrected chi connectivity index (χ1v) is 7.98. The lowest BCUT2D eigenvalue weighted by molar-refractivity contribution is -0.144. The molecule has 1 saturated carbocycles. The summed E-state index contributed by atoms with van der Waals surface area (Å²) in [5, 5.41) is 12.0. The number of amides is 1. The molecule has 0 heterocycles. The number of hydrogen-bond acceptors (Lipinski definition) is 3. The van der Waals surface area contributed by atoms with Gasteiger partial charge in [0, 0.05) is 23.0 Å². The Hall–Kier alpha value is -1.89. The normalized spacial score (nSPS) is 20.7. The van der Waals surface area contributed by atoms with Gasteiger partial charge in [-0.2, -0.15) is 8.78 Å². The molecule has 0 unspecified atom stereocenters. The smallest absolute Gasteiger partial charge is 0.387 e. The number of carbonyl (C=O) groups excluding carboxylic acids is 1. The van der Waals surface area contributed by atoms with Crippen molar-refractivity contribution in [2.24, 2.45) is 11.8 Å². The van der Waals surface area contributed by atoms with Gasteiger partial charge in [-0.05, 0) is 43.9 Å². The van der Waals surface area contributed by atoms with Crippen molar-refractivity contribution in [1.82, 2.24) is 5.32 Å². The predicted octanol–water partition coefficient (Wildman–Crippen LogP) is 3.45. The van der Waals surface area contributed by atoms with Crippen LogP contribution in [0.4, 0.5) is 8.78 Å². The van der Waals surface area contributed by atoms with Crippen molar-refractivity contribution in [2.45, 2.75) is 38.8 Å². The summed E-state index contributed by atoms with van der Waals surface area (Å²) in [5.74, 6) is -1.75. The minimum absolute atomic E-state index is 0.0142. The molecule has 0 bridgehead atoms. The van der Waals surface area contributed by atoms with Crippen molar-refractivity contribution in [3.05, 3.63) is 28.8 Å². The number of ether oxygens (including phenoxy) is 1. The first kappa shape index (κ1) is 18.4. The quantitative estimate of drug-likeness (QED) is 0.813. The van der Waals surface area contributed by atoms with Gasteiger partial charge in [-0.25, -0.2) is 0 Å². The third-order valence-corrected chi connectivity index (χ3v) is 4.37. The van der Waals surface area contributed by atoms with Crippen LogP contribution in [0.5, 0.6) is 5.75 Å². The van der Waals surface area contributed by atoms with Gasteiger partial charge in [-0.3, -0.25) is 9.59 Å². The average molecular weight is 362 g/mol. The molecular formula is C16H18ClF2NO4. The van der Waals surface area contributed by atoms with E-state index >= 15 is 0 Å². The summed E-state index contributed by atoms with van der Waals surface area (Å²) in [5.41, 5.74) is 0.357. The summed E-state index contributed by atoms with van der Waals surface area (Å²) in [6.45, 7) is -2.95. The van der Waals surface area contributed by atoms with Gasteiger partial charge in [0.2, 0.25) is 5.91 Å². The molecule has 0 aliphatic heterocycles. The fourth-order valence-electron chi connectivity index (χ4n) is 2.83. The van der Waals surface area contributed by atoms with Crippen LogP contribution >= 0.6 is 11.6 Å². The summed E-state index contributed by atoms with van der Waals surface area (Å²) < 4.78 is 29.2. The van der Waals surface area contributed by atoms with E-state index in [4.69, 9.17) is 16.7 Å². The molecule has 1 aliphatic rings. The molecule has 2 N–H and O–H groups in total. The van der Waals surface area contributed by atoms with Crippen LogP contribution in [-0.2, 0) is 16.1 Å². The third kappa shape index (κ3) is 5.06. The molecule has 1 aromatic carbocycles. The van der Waals surface area contributed by atoms with Gasteiger partial charge in [0.1, 0.15) is 5.75 Å². The van der Waals surface area contributed by atoms with Crippen LogP contribution in [0.1, 0.15) is 31.2 Å². The summed E-state index contributed by atoms with van der Waals surface area (Å²) in [4.78, 5) is 23.1. The number of halogens is 3. The molecule has 5 nitrogen and oxygen atoms in total. The lowest BCUT2D eigenvalue weighted by atomic mass is 9.81. The highest BCUT2D eigenvalue weighted by atomic mass is 35.5. The van der Waals surface area contributed by atoms with Gasteiger partial charge in [0.15, 0.2) is 0 Å². The summed E-state index contributed by atoms with van der Waals surface area (Å²) in [7, 11) is 0. The second-order valence-corrected chi connectivity index (χ2v) is 6.17. The molecule has 8 heteroatoms. The number of alkyl halides is 2. The first-order valence-electron chi connectivity index (χ1n) is 7.60. The minimum atomic E-state index is -2.97. The van der Waals surface area contributed by atoms with Gasteiger partial charge in [-0.15, -0.1) is 0 Å². The van der Waals surface area contributed by atoms with E-state index in [1.807, 2.05) is 0 Å². The average Bonchev–Trinajstić information content (AvgIpc) is 2.54. The van der Waals surface area contributed by atoms with Gasteiger partial charge in [-0.1, -0.05) is 11.6 Å². The number of hydrogen-bond donors (Lipinski definition) is 2. The molecule has 24 heavy (non-hydrogen) atoms. The van der Waals surface area contributed by atoms with Gasteiger partial charge in [0.25, 0.3) is 0 Å². The van der Waals surface area contributed by atoms with Crippen LogP contribution in [0.2, 0.25) is 5.02 Å². The monoisotopic (exact) mass is 361 g/mol. The van der Waals surface area contributed by atoms with E-state index < -0.39 is 18.5 Å². The van der Waals surface area contributed by atoms with Crippen LogP contribution < -0.4 is 10.1 Å². The van der Waals surface area contributed by atoms with E-state index in [1.54, 1.807) is 0 Å². The van der Waals surface area contributed by atoms with Crippen LogP contribution in [0.25, 0.3) is 0 Å². The second-order valence-electron chi connectivity index (χ2n) is 5.74. The number of aliphatic carboxylic acids is 1. The molecular weight excluding hydrogens is 344 g/mol. The number of nitrogens with one attached hydrogen (secondary N) is 1. The number of carbonyl (C=O) groups is 2. The third-order valence-electron chi connectivity index (χ3n) is 4.14. The summed E-state index contributed by atoms with van der Waals surface area (Å²) in [6.07, 6.45) is 1.92. The van der Waals surface area contributed by atoms with Crippen molar-refractivity contribution in [3.63, 3.8) is 0 Å². The van der Waals surface area contributed by atoms with Crippen molar-refractivity contribution < 1.29 is 28.2 Å². The van der Waals surface area contributed by atoms with E-state index in [0.29, 0.717) is 36.3 Å². The van der Waals surface area contributed by atoms with Crippen LogP contribution in [0.15, 0.2) is 18.2 Å². The number of carboxylic acid groups (broad SMARTS) is 1. The molecule has 1 aromatic rings. The molecule has 1 aliphatic carbocycles. The van der Waals surface area contributed by atoms with Crippen LogP contribution in [0, 0.1) is 11.8 Å². The molecule has 1 amide bonds. The highest BCUT2D eigenvalue weighted by molar-refractivity contribution is 6.30. The van der Waals surface area contributed by atoms with E-state index in [0.717, 1.165) is 0 Å². The predicted molar refractivity (Wildman–Crippen MR) is 83.0 cm³/mol. The zero-order chi connectivity index (χ0) is 17.7. The van der Waals surface area contributed by atoms with Crippen LogP contribution in [-0.4, -0.2) is 23.6 Å². The largest absolute Gasteiger partial charge is 0.481 e. The van der Waals surface area contributed by atoms with Crippen molar-refractivity contribution >= 4 is 23.5 Å². The molecule has 0 saturated heterocycles. The number of benzene rings is 1. The lowest BCUT2D eigenvalue weighted by Gasteiger charge is -2.25. The number of carboxylic acids is 1. The summed E-state index contributed by atoms with van der Waals surface area (Å²) in [6, 6.07) is 4.21. The first-order chi connectivity index (χ1) is 11.4. The Kier molecular flexibility index (Phi) is 6.36. The van der Waals surface area contributed by atoms with Gasteiger partial charge < -0.3 is 15.2 Å². The molecule has 132 valence electrons. The molecule has 2 rings (SSSR count). The zero-order valence-corrected chi connectivity index (χ0v) is 13.6. The SMILES string of the molecule is O=C(O)C1CCC(C(=O)NCc2cc(Cl)ccc2OC(F)F)CC1. The van der Waals surface area contributed by atoms with Crippen molar-refractivity contribution in [2.75, 3.05) is 0 Å². The Morgan fingerprint density at radius 3 is 2.46 bits per heavy atom. The Labute approximate surface area is 142 Å². The Bertz CT molecular complexity index is 604. The maximum Gasteiger partial charge on any atom is 0.387 e. The highest BCUT2D eigenvalue weighted by Gasteiger charge is 2.29. The molecule has 0 radical (unpaired) electrons. The van der Waals surface area contributed by atoms with Gasteiger partial charge in [0.05, 0.1) is 5.92 Å². The number of rotatable bonds is 6. The van der Waals surface area contributed by atoms with Crippen molar-refractivity contribution in [1.29, 1.82) is 0 Å².